The second kappa shape index (κ2) is 5.21. The minimum atomic E-state index is -1.34. The number of nitrogens with zero attached hydrogens (tertiary/aromatic N) is 3. The molecule has 0 saturated carbocycles. The van der Waals surface area contributed by atoms with Crippen LogP contribution in [-0.2, 0) is 0 Å². The van der Waals surface area contributed by atoms with Gasteiger partial charge in [-0.15, -0.1) is 0 Å². The first-order valence-corrected chi connectivity index (χ1v) is 6.28. The quantitative estimate of drug-likeness (QED) is 0.793. The maximum atomic E-state index is 14.5. The molecule has 0 aliphatic heterocycles. The summed E-state index contributed by atoms with van der Waals surface area (Å²) in [7, 11) is 0. The average Bonchev–Trinajstić information content (AvgIpc) is 3.01. The lowest BCUT2D eigenvalue weighted by molar-refractivity contribution is 0.384. The van der Waals surface area contributed by atoms with Gasteiger partial charge in [-0.3, -0.25) is 10.1 Å². The van der Waals surface area contributed by atoms with E-state index in [-0.39, 0.29) is 0 Å². The highest BCUT2D eigenvalue weighted by molar-refractivity contribution is 5.53. The SMILES string of the molecule is Cc1cccc(C(F)c2cccc(-c3ccn[nH]3)n2)n1. The van der Waals surface area contributed by atoms with Crippen LogP contribution in [0.2, 0.25) is 0 Å². The van der Waals surface area contributed by atoms with Crippen LogP contribution in [0.15, 0.2) is 48.7 Å². The summed E-state index contributed by atoms with van der Waals surface area (Å²) in [6.45, 7) is 1.84. The van der Waals surface area contributed by atoms with Gasteiger partial charge in [0.2, 0.25) is 0 Å². The Labute approximate surface area is 115 Å². The smallest absolute Gasteiger partial charge is 0.184 e. The lowest BCUT2D eigenvalue weighted by Gasteiger charge is -2.09. The zero-order valence-electron chi connectivity index (χ0n) is 10.9. The first-order valence-electron chi connectivity index (χ1n) is 6.28. The van der Waals surface area contributed by atoms with Crippen molar-refractivity contribution in [1.29, 1.82) is 0 Å². The van der Waals surface area contributed by atoms with Gasteiger partial charge in [-0.05, 0) is 37.3 Å². The van der Waals surface area contributed by atoms with Crippen LogP contribution in [0.25, 0.3) is 11.4 Å². The summed E-state index contributed by atoms with van der Waals surface area (Å²) < 4.78 is 14.5. The van der Waals surface area contributed by atoms with Gasteiger partial charge in [-0.1, -0.05) is 12.1 Å². The molecule has 3 rings (SSSR count). The zero-order chi connectivity index (χ0) is 13.9. The van der Waals surface area contributed by atoms with Gasteiger partial charge >= 0.3 is 0 Å². The number of pyridine rings is 2. The Balaban J connectivity index is 1.96. The van der Waals surface area contributed by atoms with E-state index < -0.39 is 6.17 Å². The number of halogens is 1. The van der Waals surface area contributed by atoms with Crippen LogP contribution in [0, 0.1) is 6.92 Å². The Morgan fingerprint density at radius 1 is 1.00 bits per heavy atom. The topological polar surface area (TPSA) is 54.5 Å². The maximum Gasteiger partial charge on any atom is 0.184 e. The molecule has 0 aliphatic rings. The van der Waals surface area contributed by atoms with Crippen molar-refractivity contribution in [2.24, 2.45) is 0 Å². The van der Waals surface area contributed by atoms with Crippen LogP contribution in [0.1, 0.15) is 23.3 Å². The molecule has 5 heteroatoms. The largest absolute Gasteiger partial charge is 0.276 e. The molecule has 0 saturated heterocycles. The summed E-state index contributed by atoms with van der Waals surface area (Å²) in [6.07, 6.45) is 0.302. The summed E-state index contributed by atoms with van der Waals surface area (Å²) >= 11 is 0. The molecule has 0 spiro atoms. The molecule has 0 bridgehead atoms. The molecular formula is C15H13FN4. The van der Waals surface area contributed by atoms with Gasteiger partial charge in [0.1, 0.15) is 0 Å². The van der Waals surface area contributed by atoms with Crippen molar-refractivity contribution >= 4 is 0 Å². The van der Waals surface area contributed by atoms with Crippen LogP contribution >= 0.6 is 0 Å². The summed E-state index contributed by atoms with van der Waals surface area (Å²) in [4.78, 5) is 8.54. The lowest BCUT2D eigenvalue weighted by Crippen LogP contribution is -2.02. The van der Waals surface area contributed by atoms with Gasteiger partial charge in [-0.25, -0.2) is 9.37 Å². The minimum Gasteiger partial charge on any atom is -0.276 e. The number of aromatic nitrogens is 4. The Bertz CT molecular complexity index is 709. The van der Waals surface area contributed by atoms with Gasteiger partial charge in [0.15, 0.2) is 6.17 Å². The van der Waals surface area contributed by atoms with E-state index in [0.29, 0.717) is 17.1 Å². The van der Waals surface area contributed by atoms with Crippen LogP contribution in [0.3, 0.4) is 0 Å². The fourth-order valence-electron chi connectivity index (χ4n) is 2.00. The third-order valence-corrected chi connectivity index (χ3v) is 2.98. The minimum absolute atomic E-state index is 0.343. The van der Waals surface area contributed by atoms with Crippen molar-refractivity contribution in [3.8, 4) is 11.4 Å². The molecule has 20 heavy (non-hydrogen) atoms. The van der Waals surface area contributed by atoms with Gasteiger partial charge in [-0.2, -0.15) is 5.10 Å². The Morgan fingerprint density at radius 2 is 1.75 bits per heavy atom. The van der Waals surface area contributed by atoms with Crippen molar-refractivity contribution in [1.82, 2.24) is 20.2 Å². The Hall–Kier alpha value is -2.56. The number of hydrogen-bond donors (Lipinski definition) is 1. The van der Waals surface area contributed by atoms with Crippen molar-refractivity contribution in [2.75, 3.05) is 0 Å². The number of nitrogens with one attached hydrogen (secondary N) is 1. The van der Waals surface area contributed by atoms with Crippen LogP contribution in [0.4, 0.5) is 4.39 Å². The average molecular weight is 268 g/mol. The highest BCUT2D eigenvalue weighted by Gasteiger charge is 2.16. The second-order valence-electron chi connectivity index (χ2n) is 4.48. The summed E-state index contributed by atoms with van der Waals surface area (Å²) in [6, 6.07) is 12.4. The highest BCUT2D eigenvalue weighted by Crippen LogP contribution is 2.25. The molecular weight excluding hydrogens is 255 g/mol. The van der Waals surface area contributed by atoms with E-state index in [1.165, 1.54) is 0 Å². The fourth-order valence-corrected chi connectivity index (χ4v) is 2.00. The normalized spacial score (nSPS) is 12.3. The van der Waals surface area contributed by atoms with E-state index >= 15 is 0 Å². The molecule has 0 aliphatic carbocycles. The molecule has 1 atom stereocenters. The molecule has 100 valence electrons. The second-order valence-corrected chi connectivity index (χ2v) is 4.48. The number of rotatable bonds is 3. The first-order chi connectivity index (χ1) is 9.74. The third-order valence-electron chi connectivity index (χ3n) is 2.98. The number of H-pyrrole nitrogens is 1. The van der Waals surface area contributed by atoms with E-state index in [9.17, 15) is 4.39 Å². The predicted molar refractivity (Wildman–Crippen MR) is 73.7 cm³/mol. The highest BCUT2D eigenvalue weighted by atomic mass is 19.1. The Morgan fingerprint density at radius 3 is 2.45 bits per heavy atom. The third kappa shape index (κ3) is 2.42. The number of aromatic amines is 1. The molecule has 4 nitrogen and oxygen atoms in total. The summed E-state index contributed by atoms with van der Waals surface area (Å²) in [5.74, 6) is 0. The molecule has 3 aromatic rings. The molecule has 1 unspecified atom stereocenters. The van der Waals surface area contributed by atoms with Crippen LogP contribution in [-0.4, -0.2) is 20.2 Å². The molecule has 0 aromatic carbocycles. The molecule has 3 heterocycles. The lowest BCUT2D eigenvalue weighted by atomic mass is 10.1. The zero-order valence-corrected chi connectivity index (χ0v) is 10.9. The summed E-state index contributed by atoms with van der Waals surface area (Å²) in [5.41, 5.74) is 2.93. The summed E-state index contributed by atoms with van der Waals surface area (Å²) in [5, 5.41) is 6.69. The van der Waals surface area contributed by atoms with Crippen molar-refractivity contribution in [3.05, 3.63) is 65.7 Å². The van der Waals surface area contributed by atoms with Gasteiger partial charge < -0.3 is 0 Å². The van der Waals surface area contributed by atoms with Crippen LogP contribution in [0.5, 0.6) is 0 Å². The van der Waals surface area contributed by atoms with Crippen molar-refractivity contribution < 1.29 is 4.39 Å². The molecule has 3 aromatic heterocycles. The fraction of sp³-hybridized carbons (Fsp3) is 0.133. The van der Waals surface area contributed by atoms with E-state index in [0.717, 1.165) is 11.4 Å². The monoisotopic (exact) mass is 268 g/mol. The van der Waals surface area contributed by atoms with Gasteiger partial charge in [0.25, 0.3) is 0 Å². The molecule has 1 N–H and O–H groups in total. The van der Waals surface area contributed by atoms with Crippen LogP contribution < -0.4 is 0 Å². The standard InChI is InChI=1S/C15H13FN4/c1-10-4-2-6-13(18-10)15(16)14-7-3-5-11(19-14)12-8-9-17-20-12/h2-9,15H,1H3,(H,17,20). The van der Waals surface area contributed by atoms with Crippen molar-refractivity contribution in [2.45, 2.75) is 13.1 Å². The molecule has 0 fully saturated rings. The predicted octanol–water partition coefficient (Wildman–Crippen LogP) is 3.23. The van der Waals surface area contributed by atoms with E-state index in [1.54, 1.807) is 36.5 Å². The number of aryl methyl sites for hydroxylation is 1. The number of hydrogen-bond acceptors (Lipinski definition) is 3. The first kappa shape index (κ1) is 12.5. The molecule has 0 radical (unpaired) electrons. The van der Waals surface area contributed by atoms with E-state index in [1.807, 2.05) is 19.1 Å². The van der Waals surface area contributed by atoms with Gasteiger partial charge in [0.05, 0.1) is 22.8 Å². The van der Waals surface area contributed by atoms with E-state index in [4.69, 9.17) is 0 Å². The molecule has 0 amide bonds. The van der Waals surface area contributed by atoms with Gasteiger partial charge in [0, 0.05) is 11.9 Å². The van der Waals surface area contributed by atoms with Crippen molar-refractivity contribution in [3.63, 3.8) is 0 Å². The maximum absolute atomic E-state index is 14.5. The number of alkyl halides is 1. The Kier molecular flexibility index (Phi) is 3.25. The van der Waals surface area contributed by atoms with E-state index in [2.05, 4.69) is 20.2 Å².